The number of carbonyl (C=O) groups is 1. The van der Waals surface area contributed by atoms with Crippen LogP contribution >= 0.6 is 0 Å². The van der Waals surface area contributed by atoms with E-state index in [9.17, 15) is 26.4 Å². The number of sulfonamides is 1. The number of anilines is 1. The van der Waals surface area contributed by atoms with Crippen molar-refractivity contribution in [2.45, 2.75) is 30.8 Å². The van der Waals surface area contributed by atoms with Crippen LogP contribution in [0.15, 0.2) is 23.1 Å². The smallest absolute Gasteiger partial charge is 0.372 e. The fraction of sp³-hybridized carbons (Fsp3) is 0.533. The largest absolute Gasteiger partial charge is 0.411 e. The molecular formula is C15H19F3N2O4S. The molecule has 1 aliphatic heterocycles. The molecule has 10 heteroatoms. The number of hydrogen-bond acceptors (Lipinski definition) is 4. The molecule has 2 rings (SSSR count). The van der Waals surface area contributed by atoms with Crippen LogP contribution in [0.5, 0.6) is 0 Å². The number of alkyl halides is 3. The highest BCUT2D eigenvalue weighted by atomic mass is 32.2. The lowest BCUT2D eigenvalue weighted by atomic mass is 10.2. The maximum atomic E-state index is 12.2. The minimum atomic E-state index is -4.39. The maximum absolute atomic E-state index is 12.2. The highest BCUT2D eigenvalue weighted by Gasteiger charge is 2.27. The molecule has 1 heterocycles. The molecule has 1 amide bonds. The Bertz CT molecular complexity index is 735. The van der Waals surface area contributed by atoms with E-state index in [0.717, 1.165) is 5.56 Å². The first-order valence-corrected chi connectivity index (χ1v) is 9.14. The van der Waals surface area contributed by atoms with Crippen LogP contribution < -0.4 is 9.62 Å². The van der Waals surface area contributed by atoms with Gasteiger partial charge in [-0.2, -0.15) is 13.2 Å². The molecule has 0 unspecified atom stereocenters. The van der Waals surface area contributed by atoms with Crippen molar-refractivity contribution >= 4 is 21.6 Å². The number of halogens is 3. The van der Waals surface area contributed by atoms with Crippen LogP contribution in [0, 0.1) is 0 Å². The average Bonchev–Trinajstić information content (AvgIpc) is 2.93. The van der Waals surface area contributed by atoms with Gasteiger partial charge in [0, 0.05) is 32.3 Å². The van der Waals surface area contributed by atoms with Crippen LogP contribution in [0.1, 0.15) is 18.9 Å². The summed E-state index contributed by atoms with van der Waals surface area (Å²) < 4.78 is 66.9. The van der Waals surface area contributed by atoms with Crippen LogP contribution in [-0.2, 0) is 26.0 Å². The third kappa shape index (κ3) is 5.41. The Balaban J connectivity index is 1.89. The lowest BCUT2D eigenvalue weighted by Gasteiger charge is -2.15. The molecule has 140 valence electrons. The standard InChI is InChI=1S/C15H19F3N2O4S/c1-11(21)20-7-5-12-9-13(3-4-14(12)20)25(22,23)19-6-2-8-24-10-15(16,17)18/h3-4,9,19H,2,5-8,10H2,1H3. The van der Waals surface area contributed by atoms with E-state index in [0.29, 0.717) is 18.7 Å². The predicted molar refractivity (Wildman–Crippen MR) is 84.9 cm³/mol. The summed E-state index contributed by atoms with van der Waals surface area (Å²) in [6, 6.07) is 4.51. The van der Waals surface area contributed by atoms with E-state index in [1.165, 1.54) is 19.1 Å². The van der Waals surface area contributed by atoms with E-state index < -0.39 is 22.8 Å². The summed E-state index contributed by atoms with van der Waals surface area (Å²) >= 11 is 0. The number of fused-ring (bicyclic) bond motifs is 1. The van der Waals surface area contributed by atoms with Gasteiger partial charge in [0.05, 0.1) is 4.90 Å². The van der Waals surface area contributed by atoms with Gasteiger partial charge in [-0.25, -0.2) is 13.1 Å². The van der Waals surface area contributed by atoms with Crippen LogP contribution in [0.25, 0.3) is 0 Å². The summed E-state index contributed by atoms with van der Waals surface area (Å²) in [6.45, 7) is 0.383. The summed E-state index contributed by atoms with van der Waals surface area (Å²) in [6.07, 6.45) is -3.69. The summed E-state index contributed by atoms with van der Waals surface area (Å²) in [4.78, 5) is 13.1. The first kappa shape index (κ1) is 19.7. The number of carbonyl (C=O) groups excluding carboxylic acids is 1. The monoisotopic (exact) mass is 380 g/mol. The maximum Gasteiger partial charge on any atom is 0.411 e. The molecular weight excluding hydrogens is 361 g/mol. The fourth-order valence-corrected chi connectivity index (χ4v) is 3.65. The molecule has 0 radical (unpaired) electrons. The van der Waals surface area contributed by atoms with E-state index in [2.05, 4.69) is 9.46 Å². The molecule has 0 spiro atoms. The number of nitrogens with one attached hydrogen (secondary N) is 1. The molecule has 0 aliphatic carbocycles. The molecule has 6 nitrogen and oxygen atoms in total. The molecule has 1 aromatic carbocycles. The molecule has 0 aromatic heterocycles. The summed E-state index contributed by atoms with van der Waals surface area (Å²) in [7, 11) is -3.77. The topological polar surface area (TPSA) is 75.7 Å². The molecule has 0 saturated heterocycles. The third-order valence-electron chi connectivity index (χ3n) is 3.66. The number of nitrogens with zero attached hydrogens (tertiary/aromatic N) is 1. The lowest BCUT2D eigenvalue weighted by molar-refractivity contribution is -0.173. The second kappa shape index (κ2) is 7.71. The Morgan fingerprint density at radius 1 is 1.36 bits per heavy atom. The number of rotatable bonds is 7. The van der Waals surface area contributed by atoms with Gasteiger partial charge in [0.15, 0.2) is 0 Å². The zero-order chi connectivity index (χ0) is 18.7. The molecule has 1 aliphatic rings. The third-order valence-corrected chi connectivity index (χ3v) is 5.12. The summed E-state index contributed by atoms with van der Waals surface area (Å²) in [5, 5.41) is 0. The number of ether oxygens (including phenoxy) is 1. The number of hydrogen-bond donors (Lipinski definition) is 1. The Labute approximate surface area is 144 Å². The van der Waals surface area contributed by atoms with Gasteiger partial charge in [0.2, 0.25) is 15.9 Å². The van der Waals surface area contributed by atoms with Gasteiger partial charge in [-0.05, 0) is 36.6 Å². The normalized spacial score (nSPS) is 14.6. The molecule has 0 fully saturated rings. The molecule has 25 heavy (non-hydrogen) atoms. The first-order chi connectivity index (χ1) is 11.6. The van der Waals surface area contributed by atoms with Crippen molar-refractivity contribution in [3.05, 3.63) is 23.8 Å². The van der Waals surface area contributed by atoms with E-state index in [1.807, 2.05) is 0 Å². The van der Waals surface area contributed by atoms with Gasteiger partial charge in [0.25, 0.3) is 0 Å². The van der Waals surface area contributed by atoms with Crippen molar-refractivity contribution in [1.29, 1.82) is 0 Å². The second-order valence-corrected chi connectivity index (χ2v) is 7.40. The van der Waals surface area contributed by atoms with Crippen LogP contribution in [0.4, 0.5) is 18.9 Å². The summed E-state index contributed by atoms with van der Waals surface area (Å²) in [5.74, 6) is -0.105. The lowest BCUT2D eigenvalue weighted by Crippen LogP contribution is -2.27. The predicted octanol–water partition coefficient (Wildman–Crippen LogP) is 1.84. The van der Waals surface area contributed by atoms with Gasteiger partial charge >= 0.3 is 6.18 Å². The quantitative estimate of drug-likeness (QED) is 0.733. The molecule has 0 bridgehead atoms. The van der Waals surface area contributed by atoms with E-state index >= 15 is 0 Å². The van der Waals surface area contributed by atoms with Crippen LogP contribution in [0.2, 0.25) is 0 Å². The van der Waals surface area contributed by atoms with Gasteiger partial charge in [-0.1, -0.05) is 0 Å². The summed E-state index contributed by atoms with van der Waals surface area (Å²) in [5.41, 5.74) is 1.47. The molecule has 0 atom stereocenters. The highest BCUT2D eigenvalue weighted by Crippen LogP contribution is 2.30. The van der Waals surface area contributed by atoms with Crippen LogP contribution in [0.3, 0.4) is 0 Å². The van der Waals surface area contributed by atoms with Gasteiger partial charge in [-0.15, -0.1) is 0 Å². The minimum Gasteiger partial charge on any atom is -0.372 e. The molecule has 1 aromatic rings. The van der Waals surface area contributed by atoms with Crippen molar-refractivity contribution in [2.24, 2.45) is 0 Å². The SMILES string of the molecule is CC(=O)N1CCc2cc(S(=O)(=O)NCCCOCC(F)(F)F)ccc21. The van der Waals surface area contributed by atoms with Gasteiger partial charge < -0.3 is 9.64 Å². The Morgan fingerprint density at radius 3 is 2.72 bits per heavy atom. The highest BCUT2D eigenvalue weighted by molar-refractivity contribution is 7.89. The van der Waals surface area contributed by atoms with E-state index in [-0.39, 0.29) is 30.4 Å². The van der Waals surface area contributed by atoms with Crippen molar-refractivity contribution in [3.8, 4) is 0 Å². The van der Waals surface area contributed by atoms with Crippen molar-refractivity contribution in [1.82, 2.24) is 4.72 Å². The molecule has 0 saturated carbocycles. The Kier molecular flexibility index (Phi) is 6.07. The van der Waals surface area contributed by atoms with Gasteiger partial charge in [-0.3, -0.25) is 4.79 Å². The van der Waals surface area contributed by atoms with Crippen LogP contribution in [-0.4, -0.2) is 46.8 Å². The Hall–Kier alpha value is -1.65. The average molecular weight is 380 g/mol. The van der Waals surface area contributed by atoms with E-state index in [1.54, 1.807) is 11.0 Å². The fourth-order valence-electron chi connectivity index (χ4n) is 2.52. The minimum absolute atomic E-state index is 0.0309. The molecule has 1 N–H and O–H groups in total. The number of benzene rings is 1. The number of amides is 1. The van der Waals surface area contributed by atoms with Crippen molar-refractivity contribution < 1.29 is 31.1 Å². The van der Waals surface area contributed by atoms with Crippen molar-refractivity contribution in [2.75, 3.05) is 31.2 Å². The van der Waals surface area contributed by atoms with E-state index in [4.69, 9.17) is 0 Å². The second-order valence-electron chi connectivity index (χ2n) is 5.63. The Morgan fingerprint density at radius 2 is 2.08 bits per heavy atom. The first-order valence-electron chi connectivity index (χ1n) is 7.65. The zero-order valence-electron chi connectivity index (χ0n) is 13.6. The zero-order valence-corrected chi connectivity index (χ0v) is 14.4. The van der Waals surface area contributed by atoms with Gasteiger partial charge in [0.1, 0.15) is 6.61 Å². The van der Waals surface area contributed by atoms with Crippen molar-refractivity contribution in [3.63, 3.8) is 0 Å².